The third-order valence-corrected chi connectivity index (χ3v) is 3.23. The van der Waals surface area contributed by atoms with Gasteiger partial charge in [-0.05, 0) is 53.8 Å². The zero-order chi connectivity index (χ0) is 13.0. The van der Waals surface area contributed by atoms with Crippen LogP contribution in [-0.4, -0.2) is 11.0 Å². The van der Waals surface area contributed by atoms with Gasteiger partial charge < -0.3 is 10.6 Å². The SMILES string of the molecule is Cc1ccc(NC(=O)Nc2ccccc2I)cn1. The third-order valence-electron chi connectivity index (χ3n) is 2.29. The number of carbonyl (C=O) groups is 1. The normalized spacial score (nSPS) is 9.89. The Kier molecular flexibility index (Phi) is 4.14. The Bertz CT molecular complexity index is 554. The number of benzene rings is 1. The lowest BCUT2D eigenvalue weighted by Gasteiger charge is -2.08. The Balaban J connectivity index is 2.01. The van der Waals surface area contributed by atoms with E-state index in [1.807, 2.05) is 43.3 Å². The summed E-state index contributed by atoms with van der Waals surface area (Å²) in [6.07, 6.45) is 1.63. The van der Waals surface area contributed by atoms with Crippen molar-refractivity contribution >= 4 is 40.0 Å². The Hall–Kier alpha value is -1.63. The van der Waals surface area contributed by atoms with E-state index in [0.29, 0.717) is 5.69 Å². The van der Waals surface area contributed by atoms with Crippen molar-refractivity contribution in [2.24, 2.45) is 0 Å². The number of amides is 2. The van der Waals surface area contributed by atoms with E-state index >= 15 is 0 Å². The molecule has 2 N–H and O–H groups in total. The van der Waals surface area contributed by atoms with E-state index in [0.717, 1.165) is 15.0 Å². The van der Waals surface area contributed by atoms with Gasteiger partial charge in [-0.25, -0.2) is 4.79 Å². The smallest absolute Gasteiger partial charge is 0.307 e. The predicted molar refractivity (Wildman–Crippen MR) is 80.8 cm³/mol. The summed E-state index contributed by atoms with van der Waals surface area (Å²) in [5.41, 5.74) is 2.37. The highest BCUT2D eigenvalue weighted by Crippen LogP contribution is 2.17. The van der Waals surface area contributed by atoms with Crippen molar-refractivity contribution in [3.8, 4) is 0 Å². The van der Waals surface area contributed by atoms with Gasteiger partial charge in [-0.2, -0.15) is 0 Å². The highest BCUT2D eigenvalue weighted by Gasteiger charge is 2.04. The minimum absolute atomic E-state index is 0.273. The maximum Gasteiger partial charge on any atom is 0.323 e. The van der Waals surface area contributed by atoms with Gasteiger partial charge in [-0.15, -0.1) is 0 Å². The van der Waals surface area contributed by atoms with Crippen molar-refractivity contribution in [1.82, 2.24) is 4.98 Å². The summed E-state index contributed by atoms with van der Waals surface area (Å²) in [6.45, 7) is 1.90. The molecule has 5 heteroatoms. The van der Waals surface area contributed by atoms with Crippen LogP contribution in [0.15, 0.2) is 42.6 Å². The third kappa shape index (κ3) is 3.43. The molecule has 0 unspecified atom stereocenters. The fourth-order valence-electron chi connectivity index (χ4n) is 1.39. The lowest BCUT2D eigenvalue weighted by molar-refractivity contribution is 0.262. The monoisotopic (exact) mass is 353 g/mol. The van der Waals surface area contributed by atoms with Crippen molar-refractivity contribution in [3.05, 3.63) is 51.9 Å². The molecule has 0 atom stereocenters. The number of nitrogens with zero attached hydrogens (tertiary/aromatic N) is 1. The molecule has 92 valence electrons. The topological polar surface area (TPSA) is 54.0 Å². The Labute approximate surface area is 119 Å². The molecule has 2 rings (SSSR count). The van der Waals surface area contributed by atoms with E-state index in [1.165, 1.54) is 0 Å². The van der Waals surface area contributed by atoms with Crippen molar-refractivity contribution in [2.75, 3.05) is 10.6 Å². The van der Waals surface area contributed by atoms with Crippen LogP contribution in [0.4, 0.5) is 16.2 Å². The van der Waals surface area contributed by atoms with Crippen LogP contribution in [0.2, 0.25) is 0 Å². The highest BCUT2D eigenvalue weighted by atomic mass is 127. The van der Waals surface area contributed by atoms with Crippen molar-refractivity contribution in [1.29, 1.82) is 0 Å². The van der Waals surface area contributed by atoms with Crippen LogP contribution in [0.1, 0.15) is 5.69 Å². The maximum atomic E-state index is 11.8. The first-order chi connectivity index (χ1) is 8.65. The van der Waals surface area contributed by atoms with Gasteiger partial charge in [0.15, 0.2) is 0 Å². The molecular formula is C13H12IN3O. The minimum Gasteiger partial charge on any atom is -0.307 e. The zero-order valence-electron chi connectivity index (χ0n) is 9.77. The van der Waals surface area contributed by atoms with Gasteiger partial charge in [0.25, 0.3) is 0 Å². The van der Waals surface area contributed by atoms with Crippen molar-refractivity contribution in [3.63, 3.8) is 0 Å². The number of aryl methyl sites for hydroxylation is 1. The first-order valence-corrected chi connectivity index (χ1v) is 6.48. The largest absolute Gasteiger partial charge is 0.323 e. The molecule has 0 fully saturated rings. The number of hydrogen-bond donors (Lipinski definition) is 2. The van der Waals surface area contributed by atoms with E-state index in [4.69, 9.17) is 0 Å². The molecule has 0 aliphatic heterocycles. The molecule has 1 aromatic heterocycles. The maximum absolute atomic E-state index is 11.8. The molecule has 1 heterocycles. The first-order valence-electron chi connectivity index (χ1n) is 5.40. The van der Waals surface area contributed by atoms with Crippen LogP contribution in [0.5, 0.6) is 0 Å². The molecule has 4 nitrogen and oxygen atoms in total. The zero-order valence-corrected chi connectivity index (χ0v) is 11.9. The highest BCUT2D eigenvalue weighted by molar-refractivity contribution is 14.1. The Morgan fingerprint density at radius 2 is 1.94 bits per heavy atom. The standard InChI is InChI=1S/C13H12IN3O/c1-9-6-7-10(8-15-9)16-13(18)17-12-5-3-2-4-11(12)14/h2-8H,1H3,(H2,16,17,18). The van der Waals surface area contributed by atoms with Crippen LogP contribution in [0.3, 0.4) is 0 Å². The van der Waals surface area contributed by atoms with Gasteiger partial charge in [-0.3, -0.25) is 4.98 Å². The van der Waals surface area contributed by atoms with Gasteiger partial charge in [0.05, 0.1) is 17.6 Å². The number of para-hydroxylation sites is 1. The number of pyridine rings is 1. The van der Waals surface area contributed by atoms with Gasteiger partial charge in [0.1, 0.15) is 0 Å². The molecule has 0 bridgehead atoms. The molecule has 0 saturated heterocycles. The van der Waals surface area contributed by atoms with Crippen molar-refractivity contribution < 1.29 is 4.79 Å². The quantitative estimate of drug-likeness (QED) is 0.810. The van der Waals surface area contributed by atoms with Gasteiger partial charge >= 0.3 is 6.03 Å². The van der Waals surface area contributed by atoms with E-state index in [1.54, 1.807) is 6.20 Å². The Morgan fingerprint density at radius 3 is 2.61 bits per heavy atom. The molecule has 2 aromatic rings. The molecule has 18 heavy (non-hydrogen) atoms. The van der Waals surface area contributed by atoms with Crippen molar-refractivity contribution in [2.45, 2.75) is 6.92 Å². The average molecular weight is 353 g/mol. The average Bonchev–Trinajstić information content (AvgIpc) is 2.35. The molecule has 0 aliphatic rings. The lowest BCUT2D eigenvalue weighted by Crippen LogP contribution is -2.20. The lowest BCUT2D eigenvalue weighted by atomic mass is 10.3. The van der Waals surface area contributed by atoms with Crippen LogP contribution in [0, 0.1) is 10.5 Å². The molecule has 1 aromatic carbocycles. The number of urea groups is 1. The minimum atomic E-state index is -0.273. The second-order valence-corrected chi connectivity index (χ2v) is 4.91. The van der Waals surface area contributed by atoms with E-state index in [2.05, 4.69) is 38.2 Å². The fourth-order valence-corrected chi connectivity index (χ4v) is 1.91. The van der Waals surface area contributed by atoms with E-state index < -0.39 is 0 Å². The van der Waals surface area contributed by atoms with Gasteiger partial charge in [-0.1, -0.05) is 12.1 Å². The number of aromatic nitrogens is 1. The van der Waals surface area contributed by atoms with Crippen LogP contribution < -0.4 is 10.6 Å². The van der Waals surface area contributed by atoms with E-state index in [9.17, 15) is 4.79 Å². The fraction of sp³-hybridized carbons (Fsp3) is 0.0769. The number of anilines is 2. The summed E-state index contributed by atoms with van der Waals surface area (Å²) < 4.78 is 0.993. The summed E-state index contributed by atoms with van der Waals surface area (Å²) in [7, 11) is 0. The summed E-state index contributed by atoms with van der Waals surface area (Å²) in [6, 6.07) is 11.0. The summed E-state index contributed by atoms with van der Waals surface area (Å²) in [5, 5.41) is 5.52. The number of nitrogens with one attached hydrogen (secondary N) is 2. The first kappa shape index (κ1) is 12.8. The van der Waals surface area contributed by atoms with E-state index in [-0.39, 0.29) is 6.03 Å². The Morgan fingerprint density at radius 1 is 1.17 bits per heavy atom. The van der Waals surface area contributed by atoms with Crippen LogP contribution in [0.25, 0.3) is 0 Å². The summed E-state index contributed by atoms with van der Waals surface area (Å²) >= 11 is 2.17. The molecule has 0 saturated carbocycles. The van der Waals surface area contributed by atoms with Gasteiger partial charge in [0, 0.05) is 9.26 Å². The molecule has 2 amide bonds. The second-order valence-electron chi connectivity index (χ2n) is 3.75. The number of hydrogen-bond acceptors (Lipinski definition) is 2. The summed E-state index contributed by atoms with van der Waals surface area (Å²) in [4.78, 5) is 15.9. The van der Waals surface area contributed by atoms with Crippen LogP contribution in [-0.2, 0) is 0 Å². The second kappa shape index (κ2) is 5.81. The summed E-state index contributed by atoms with van der Waals surface area (Å²) in [5.74, 6) is 0. The molecule has 0 aliphatic carbocycles. The molecule has 0 radical (unpaired) electrons. The van der Waals surface area contributed by atoms with Gasteiger partial charge in [0.2, 0.25) is 0 Å². The number of carbonyl (C=O) groups excluding carboxylic acids is 1. The number of halogens is 1. The molecule has 0 spiro atoms. The molecular weight excluding hydrogens is 341 g/mol. The predicted octanol–water partition coefficient (Wildman–Crippen LogP) is 3.64. The number of rotatable bonds is 2. The van der Waals surface area contributed by atoms with Crippen LogP contribution >= 0.6 is 22.6 Å².